The van der Waals surface area contributed by atoms with E-state index in [1.165, 1.54) is 18.3 Å². The summed E-state index contributed by atoms with van der Waals surface area (Å²) in [4.78, 5) is 3.70. The van der Waals surface area contributed by atoms with Gasteiger partial charge in [-0.3, -0.25) is 4.98 Å². The van der Waals surface area contributed by atoms with E-state index in [2.05, 4.69) is 10.3 Å². The molecule has 0 saturated carbocycles. The number of nitrogens with one attached hydrogen (secondary N) is 1. The van der Waals surface area contributed by atoms with Crippen molar-refractivity contribution in [1.29, 1.82) is 0 Å². The van der Waals surface area contributed by atoms with Crippen molar-refractivity contribution in [2.24, 2.45) is 0 Å². The molecule has 1 unspecified atom stereocenters. The van der Waals surface area contributed by atoms with Crippen LogP contribution >= 0.6 is 0 Å². The fraction of sp³-hybridized carbons (Fsp3) is 0.267. The molecule has 0 saturated heterocycles. The quantitative estimate of drug-likeness (QED) is 0.905. The van der Waals surface area contributed by atoms with E-state index in [1.807, 2.05) is 6.92 Å². The Morgan fingerprint density at radius 1 is 1.10 bits per heavy atom. The van der Waals surface area contributed by atoms with Gasteiger partial charge in [-0.05, 0) is 36.7 Å². The first-order chi connectivity index (χ1) is 9.63. The molecule has 0 bridgehead atoms. The Hall–Kier alpha value is -1.88. The normalized spacial score (nSPS) is 12.4. The number of aromatic nitrogens is 1. The van der Waals surface area contributed by atoms with E-state index in [-0.39, 0.29) is 0 Å². The van der Waals surface area contributed by atoms with Gasteiger partial charge in [-0.1, -0.05) is 13.0 Å². The van der Waals surface area contributed by atoms with Crippen LogP contribution in [0.25, 0.3) is 0 Å². The summed E-state index contributed by atoms with van der Waals surface area (Å²) in [6.45, 7) is 2.60. The van der Waals surface area contributed by atoms with Crippen molar-refractivity contribution in [3.63, 3.8) is 0 Å². The van der Waals surface area contributed by atoms with Crippen LogP contribution in [-0.4, -0.2) is 11.5 Å². The Balaban J connectivity index is 2.41. The molecule has 1 aromatic heterocycles. The average Bonchev–Trinajstić information content (AvgIpc) is 2.44. The Bertz CT molecular complexity index is 587. The van der Waals surface area contributed by atoms with Crippen LogP contribution in [0.3, 0.4) is 0 Å². The van der Waals surface area contributed by atoms with E-state index in [1.54, 1.807) is 0 Å². The van der Waals surface area contributed by atoms with Gasteiger partial charge in [0.05, 0.1) is 12.2 Å². The van der Waals surface area contributed by atoms with Crippen molar-refractivity contribution in [2.75, 3.05) is 6.54 Å². The van der Waals surface area contributed by atoms with Crippen LogP contribution in [-0.2, 0) is 0 Å². The second-order valence-electron chi connectivity index (χ2n) is 4.46. The molecule has 5 heteroatoms. The van der Waals surface area contributed by atoms with Crippen LogP contribution in [0, 0.1) is 17.5 Å². The number of nitrogens with zero attached hydrogens (tertiary/aromatic N) is 1. The van der Waals surface area contributed by atoms with Crippen molar-refractivity contribution >= 4 is 0 Å². The van der Waals surface area contributed by atoms with E-state index >= 15 is 0 Å². The molecule has 0 aliphatic rings. The van der Waals surface area contributed by atoms with Crippen molar-refractivity contribution < 1.29 is 13.2 Å². The lowest BCUT2D eigenvalue weighted by atomic mass is 9.99. The molecular weight excluding hydrogens is 265 g/mol. The molecule has 20 heavy (non-hydrogen) atoms. The fourth-order valence-corrected chi connectivity index (χ4v) is 2.01. The van der Waals surface area contributed by atoms with Crippen molar-refractivity contribution in [1.82, 2.24) is 10.3 Å². The SMILES string of the molecule is CCCNC(c1ccc(F)c(F)c1)c1ccncc1F. The smallest absolute Gasteiger partial charge is 0.159 e. The number of pyridine rings is 1. The van der Waals surface area contributed by atoms with Gasteiger partial charge in [0.25, 0.3) is 0 Å². The van der Waals surface area contributed by atoms with Crippen LogP contribution in [0.15, 0.2) is 36.7 Å². The second-order valence-corrected chi connectivity index (χ2v) is 4.46. The van der Waals surface area contributed by atoms with Gasteiger partial charge in [0.2, 0.25) is 0 Å². The predicted molar refractivity (Wildman–Crippen MR) is 70.7 cm³/mol. The minimum Gasteiger partial charge on any atom is -0.306 e. The molecule has 2 nitrogen and oxygen atoms in total. The lowest BCUT2D eigenvalue weighted by Crippen LogP contribution is -2.24. The lowest BCUT2D eigenvalue weighted by molar-refractivity contribution is 0.500. The van der Waals surface area contributed by atoms with Crippen LogP contribution < -0.4 is 5.32 Å². The number of benzene rings is 1. The zero-order chi connectivity index (χ0) is 14.5. The largest absolute Gasteiger partial charge is 0.306 e. The molecule has 1 aromatic carbocycles. The molecule has 0 fully saturated rings. The highest BCUT2D eigenvalue weighted by Gasteiger charge is 2.18. The fourth-order valence-electron chi connectivity index (χ4n) is 2.01. The number of rotatable bonds is 5. The molecule has 0 amide bonds. The third-order valence-corrected chi connectivity index (χ3v) is 2.99. The Labute approximate surface area is 115 Å². The van der Waals surface area contributed by atoms with E-state index in [0.29, 0.717) is 17.7 Å². The Morgan fingerprint density at radius 2 is 1.90 bits per heavy atom. The van der Waals surface area contributed by atoms with Gasteiger partial charge in [0.1, 0.15) is 5.82 Å². The average molecular weight is 280 g/mol. The summed E-state index contributed by atoms with van der Waals surface area (Å²) in [5, 5.41) is 3.13. The molecule has 2 rings (SSSR count). The minimum absolute atomic E-state index is 0.361. The van der Waals surface area contributed by atoms with E-state index in [0.717, 1.165) is 24.8 Å². The van der Waals surface area contributed by atoms with E-state index in [4.69, 9.17) is 0 Å². The summed E-state index contributed by atoms with van der Waals surface area (Å²) in [5.74, 6) is -2.34. The van der Waals surface area contributed by atoms with E-state index in [9.17, 15) is 13.2 Å². The van der Waals surface area contributed by atoms with Crippen LogP contribution in [0.4, 0.5) is 13.2 Å². The van der Waals surface area contributed by atoms with Gasteiger partial charge >= 0.3 is 0 Å². The first-order valence-corrected chi connectivity index (χ1v) is 6.41. The van der Waals surface area contributed by atoms with Crippen LogP contribution in [0.1, 0.15) is 30.5 Å². The predicted octanol–water partition coefficient (Wildman–Crippen LogP) is 3.59. The molecule has 1 atom stereocenters. The first kappa shape index (κ1) is 14.5. The second kappa shape index (κ2) is 6.52. The molecular formula is C15H15F3N2. The maximum atomic E-state index is 13.9. The highest BCUT2D eigenvalue weighted by Crippen LogP contribution is 2.25. The molecule has 1 heterocycles. The maximum Gasteiger partial charge on any atom is 0.159 e. The molecule has 0 spiro atoms. The summed E-state index contributed by atoms with van der Waals surface area (Å²) in [6.07, 6.45) is 3.42. The topological polar surface area (TPSA) is 24.9 Å². The maximum absolute atomic E-state index is 13.9. The van der Waals surface area contributed by atoms with Gasteiger partial charge in [0.15, 0.2) is 11.6 Å². The third kappa shape index (κ3) is 3.17. The van der Waals surface area contributed by atoms with Gasteiger partial charge in [-0.2, -0.15) is 0 Å². The molecule has 0 radical (unpaired) electrons. The summed E-state index contributed by atoms with van der Waals surface area (Å²) in [7, 11) is 0. The molecule has 2 aromatic rings. The van der Waals surface area contributed by atoms with Crippen LogP contribution in [0.5, 0.6) is 0 Å². The number of hydrogen-bond acceptors (Lipinski definition) is 2. The van der Waals surface area contributed by atoms with Gasteiger partial charge in [-0.15, -0.1) is 0 Å². The van der Waals surface area contributed by atoms with E-state index < -0.39 is 23.5 Å². The van der Waals surface area contributed by atoms with Gasteiger partial charge in [0, 0.05) is 11.8 Å². The third-order valence-electron chi connectivity index (χ3n) is 2.99. The first-order valence-electron chi connectivity index (χ1n) is 6.41. The molecule has 1 N–H and O–H groups in total. The van der Waals surface area contributed by atoms with Crippen LogP contribution in [0.2, 0.25) is 0 Å². The summed E-state index contributed by atoms with van der Waals surface area (Å²) in [5.41, 5.74) is 0.835. The molecule has 106 valence electrons. The standard InChI is InChI=1S/C15H15F3N2/c1-2-6-20-15(11-5-7-19-9-14(11)18)10-3-4-12(16)13(17)8-10/h3-5,7-9,15,20H,2,6H2,1H3. The minimum atomic E-state index is -0.944. The van der Waals surface area contributed by atoms with Crippen molar-refractivity contribution in [2.45, 2.75) is 19.4 Å². The summed E-state index contributed by atoms with van der Waals surface area (Å²) in [6, 6.07) is 4.58. The summed E-state index contributed by atoms with van der Waals surface area (Å²) >= 11 is 0. The molecule has 0 aliphatic carbocycles. The summed E-state index contributed by atoms with van der Waals surface area (Å²) < 4.78 is 40.2. The number of halogens is 3. The monoisotopic (exact) mass is 280 g/mol. The van der Waals surface area contributed by atoms with Gasteiger partial charge in [-0.25, -0.2) is 13.2 Å². The highest BCUT2D eigenvalue weighted by molar-refractivity contribution is 5.32. The Kier molecular flexibility index (Phi) is 4.74. The zero-order valence-electron chi connectivity index (χ0n) is 11.0. The number of hydrogen-bond donors (Lipinski definition) is 1. The highest BCUT2D eigenvalue weighted by atomic mass is 19.2. The van der Waals surface area contributed by atoms with Crippen molar-refractivity contribution in [3.05, 3.63) is 65.2 Å². The molecule has 0 aliphatic heterocycles. The Morgan fingerprint density at radius 3 is 2.55 bits per heavy atom. The van der Waals surface area contributed by atoms with Crippen molar-refractivity contribution in [3.8, 4) is 0 Å². The lowest BCUT2D eigenvalue weighted by Gasteiger charge is -2.20. The zero-order valence-corrected chi connectivity index (χ0v) is 11.0. The van der Waals surface area contributed by atoms with Gasteiger partial charge < -0.3 is 5.32 Å².